The number of aryl methyl sites for hydroxylation is 1. The number of rotatable bonds is 8. The van der Waals surface area contributed by atoms with Gasteiger partial charge in [-0.1, -0.05) is 29.1 Å². The molecule has 0 fully saturated rings. The summed E-state index contributed by atoms with van der Waals surface area (Å²) in [6, 6.07) is 11.0. The molecule has 1 unspecified atom stereocenters. The lowest BCUT2D eigenvalue weighted by atomic mass is 10.2. The van der Waals surface area contributed by atoms with Gasteiger partial charge in [-0.2, -0.15) is 0 Å². The first-order valence-corrected chi connectivity index (χ1v) is 10.5. The van der Waals surface area contributed by atoms with Gasteiger partial charge in [-0.25, -0.2) is 14.2 Å². The molecule has 31 heavy (non-hydrogen) atoms. The van der Waals surface area contributed by atoms with Crippen molar-refractivity contribution < 1.29 is 23.2 Å². The van der Waals surface area contributed by atoms with Crippen LogP contribution in [0.4, 0.5) is 4.39 Å². The minimum Gasteiger partial charge on any atom is -0.449 e. The molecule has 0 saturated heterocycles. The first-order valence-electron chi connectivity index (χ1n) is 9.54. The SMILES string of the molecule is Cc1cc(CSc2ncccc2C(=O)OC(C)C(=O)N(C)Cc2cccc(F)c2)no1. The smallest absolute Gasteiger partial charge is 0.341 e. The molecule has 1 aromatic carbocycles. The second-order valence-electron chi connectivity index (χ2n) is 6.95. The maximum atomic E-state index is 13.4. The summed E-state index contributed by atoms with van der Waals surface area (Å²) in [6.07, 6.45) is 0.566. The summed E-state index contributed by atoms with van der Waals surface area (Å²) in [7, 11) is 1.57. The van der Waals surface area contributed by atoms with E-state index in [2.05, 4.69) is 10.1 Å². The van der Waals surface area contributed by atoms with Gasteiger partial charge in [0.05, 0.1) is 11.3 Å². The van der Waals surface area contributed by atoms with Crippen molar-refractivity contribution in [3.63, 3.8) is 0 Å². The summed E-state index contributed by atoms with van der Waals surface area (Å²) in [5, 5.41) is 4.40. The molecule has 162 valence electrons. The van der Waals surface area contributed by atoms with Crippen LogP contribution in [0.25, 0.3) is 0 Å². The van der Waals surface area contributed by atoms with Crippen molar-refractivity contribution in [3.8, 4) is 0 Å². The van der Waals surface area contributed by atoms with Gasteiger partial charge in [0.25, 0.3) is 5.91 Å². The monoisotopic (exact) mass is 443 g/mol. The Bertz CT molecular complexity index is 1070. The Morgan fingerprint density at radius 1 is 1.26 bits per heavy atom. The average molecular weight is 444 g/mol. The number of carbonyl (C=O) groups excluding carboxylic acids is 2. The number of hydrogen-bond acceptors (Lipinski definition) is 7. The van der Waals surface area contributed by atoms with Crippen molar-refractivity contribution in [2.45, 2.75) is 37.3 Å². The van der Waals surface area contributed by atoms with Gasteiger partial charge in [0, 0.05) is 31.6 Å². The molecule has 2 aromatic heterocycles. The average Bonchev–Trinajstić information content (AvgIpc) is 3.17. The van der Waals surface area contributed by atoms with Crippen molar-refractivity contribution in [1.29, 1.82) is 0 Å². The molecule has 0 radical (unpaired) electrons. The molecule has 3 rings (SSSR count). The summed E-state index contributed by atoms with van der Waals surface area (Å²) in [4.78, 5) is 30.9. The predicted octanol–water partition coefficient (Wildman–Crippen LogP) is 4.01. The number of benzene rings is 1. The normalized spacial score (nSPS) is 11.7. The zero-order chi connectivity index (χ0) is 22.4. The lowest BCUT2D eigenvalue weighted by molar-refractivity contribution is -0.139. The summed E-state index contributed by atoms with van der Waals surface area (Å²) in [5.41, 5.74) is 1.64. The Hall–Kier alpha value is -3.20. The molecule has 0 bridgehead atoms. The number of pyridine rings is 1. The van der Waals surface area contributed by atoms with Gasteiger partial charge < -0.3 is 14.2 Å². The number of ether oxygens (including phenoxy) is 1. The van der Waals surface area contributed by atoms with Crippen molar-refractivity contribution in [1.82, 2.24) is 15.0 Å². The third-order valence-electron chi connectivity index (χ3n) is 4.34. The highest BCUT2D eigenvalue weighted by molar-refractivity contribution is 7.98. The van der Waals surface area contributed by atoms with E-state index in [1.54, 1.807) is 44.4 Å². The topological polar surface area (TPSA) is 85.5 Å². The first kappa shape index (κ1) is 22.5. The Morgan fingerprint density at radius 2 is 2.06 bits per heavy atom. The number of carbonyl (C=O) groups is 2. The van der Waals surface area contributed by atoms with Crippen LogP contribution in [-0.2, 0) is 21.8 Å². The Kier molecular flexibility index (Phi) is 7.41. The maximum Gasteiger partial charge on any atom is 0.341 e. The van der Waals surface area contributed by atoms with Crippen molar-refractivity contribution in [2.75, 3.05) is 7.05 Å². The van der Waals surface area contributed by atoms with E-state index in [0.29, 0.717) is 22.1 Å². The van der Waals surface area contributed by atoms with Crippen LogP contribution in [0.2, 0.25) is 0 Å². The van der Waals surface area contributed by atoms with Crippen LogP contribution in [0, 0.1) is 12.7 Å². The maximum absolute atomic E-state index is 13.4. The van der Waals surface area contributed by atoms with E-state index in [-0.39, 0.29) is 17.9 Å². The molecule has 1 amide bonds. The summed E-state index contributed by atoms with van der Waals surface area (Å²) in [6.45, 7) is 3.50. The standard InChI is InChI=1S/C22H22FN3O4S/c1-14-10-18(25-30-14)13-31-20-19(8-5-9-24-20)22(28)29-15(2)21(27)26(3)12-16-6-4-7-17(23)11-16/h4-11,15H,12-13H2,1-3H3. The van der Waals surface area contributed by atoms with Crippen molar-refractivity contribution in [3.05, 3.63) is 77.1 Å². The number of likely N-dealkylation sites (N-methyl/N-ethyl adjacent to an activating group) is 1. The van der Waals surface area contributed by atoms with Crippen molar-refractivity contribution in [2.24, 2.45) is 0 Å². The van der Waals surface area contributed by atoms with Gasteiger partial charge in [-0.3, -0.25) is 4.79 Å². The molecule has 2 heterocycles. The minimum atomic E-state index is -1.01. The van der Waals surface area contributed by atoms with Crippen LogP contribution in [0.3, 0.4) is 0 Å². The molecule has 0 saturated carbocycles. The largest absolute Gasteiger partial charge is 0.449 e. The van der Waals surface area contributed by atoms with E-state index in [0.717, 1.165) is 5.69 Å². The fourth-order valence-electron chi connectivity index (χ4n) is 2.86. The number of hydrogen-bond donors (Lipinski definition) is 0. The fraction of sp³-hybridized carbons (Fsp3) is 0.273. The fourth-order valence-corrected chi connectivity index (χ4v) is 3.72. The van der Waals surface area contributed by atoms with Crippen LogP contribution in [0.15, 0.2) is 58.2 Å². The van der Waals surface area contributed by atoms with E-state index in [1.807, 2.05) is 6.07 Å². The van der Waals surface area contributed by atoms with Crippen LogP contribution in [-0.4, -0.2) is 40.1 Å². The van der Waals surface area contributed by atoms with Gasteiger partial charge in [-0.15, -0.1) is 0 Å². The van der Waals surface area contributed by atoms with Gasteiger partial charge in [0.2, 0.25) is 0 Å². The van der Waals surface area contributed by atoms with Gasteiger partial charge in [0.15, 0.2) is 6.10 Å². The highest BCUT2D eigenvalue weighted by atomic mass is 32.2. The van der Waals surface area contributed by atoms with E-state index in [1.165, 1.54) is 35.7 Å². The second kappa shape index (κ2) is 10.2. The molecular formula is C22H22FN3O4S. The van der Waals surface area contributed by atoms with Crippen molar-refractivity contribution >= 4 is 23.6 Å². The third kappa shape index (κ3) is 6.14. The zero-order valence-corrected chi connectivity index (χ0v) is 18.2. The molecule has 0 spiro atoms. The highest BCUT2D eigenvalue weighted by Crippen LogP contribution is 2.25. The lowest BCUT2D eigenvalue weighted by Crippen LogP contribution is -2.37. The van der Waals surface area contributed by atoms with Gasteiger partial charge in [-0.05, 0) is 43.7 Å². The lowest BCUT2D eigenvalue weighted by Gasteiger charge is -2.22. The molecule has 0 aliphatic rings. The summed E-state index contributed by atoms with van der Waals surface area (Å²) < 4.78 is 23.8. The van der Waals surface area contributed by atoms with Crippen LogP contribution >= 0.6 is 11.8 Å². The van der Waals surface area contributed by atoms with Crippen LogP contribution < -0.4 is 0 Å². The summed E-state index contributed by atoms with van der Waals surface area (Å²) >= 11 is 1.32. The molecule has 0 aliphatic heterocycles. The molecule has 1 atom stereocenters. The molecule has 9 heteroatoms. The molecular weight excluding hydrogens is 421 g/mol. The highest BCUT2D eigenvalue weighted by Gasteiger charge is 2.24. The van der Waals surface area contributed by atoms with Gasteiger partial charge >= 0.3 is 5.97 Å². The minimum absolute atomic E-state index is 0.198. The Morgan fingerprint density at radius 3 is 2.77 bits per heavy atom. The van der Waals surface area contributed by atoms with E-state index in [4.69, 9.17) is 9.26 Å². The molecule has 0 aliphatic carbocycles. The van der Waals surface area contributed by atoms with E-state index >= 15 is 0 Å². The number of nitrogens with zero attached hydrogens (tertiary/aromatic N) is 3. The van der Waals surface area contributed by atoms with E-state index in [9.17, 15) is 14.0 Å². The van der Waals surface area contributed by atoms with Crippen LogP contribution in [0.1, 0.15) is 34.3 Å². The first-order chi connectivity index (χ1) is 14.8. The molecule has 7 nitrogen and oxygen atoms in total. The van der Waals surface area contributed by atoms with E-state index < -0.39 is 18.0 Å². The quantitative estimate of drug-likeness (QED) is 0.384. The Labute approximate surface area is 183 Å². The third-order valence-corrected chi connectivity index (χ3v) is 5.38. The number of aromatic nitrogens is 2. The second-order valence-corrected chi connectivity index (χ2v) is 7.91. The number of esters is 1. The number of thioether (sulfide) groups is 1. The molecule has 0 N–H and O–H groups in total. The number of amides is 1. The van der Waals surface area contributed by atoms with Gasteiger partial charge in [0.1, 0.15) is 16.6 Å². The number of halogens is 1. The predicted molar refractivity (Wildman–Crippen MR) is 113 cm³/mol. The molecule has 3 aromatic rings. The van der Waals surface area contributed by atoms with Crippen LogP contribution in [0.5, 0.6) is 0 Å². The zero-order valence-electron chi connectivity index (χ0n) is 17.4. The summed E-state index contributed by atoms with van der Waals surface area (Å²) in [5.74, 6) is -0.244. The Balaban J connectivity index is 1.61.